The molecule has 226 valence electrons. The Morgan fingerprint density at radius 3 is 2.21 bits per heavy atom. The molecular weight excluding hydrogens is 592 g/mol. The third-order valence-corrected chi connectivity index (χ3v) is 8.79. The number of carbonyl (C=O) groups is 1. The van der Waals surface area contributed by atoms with Gasteiger partial charge in [-0.15, -0.1) is 0 Å². The Morgan fingerprint density at radius 1 is 0.907 bits per heavy atom. The lowest BCUT2D eigenvalue weighted by Crippen LogP contribution is -2.39. The Kier molecular flexibility index (Phi) is 9.67. The summed E-state index contributed by atoms with van der Waals surface area (Å²) in [5, 5.41) is 4.38. The van der Waals surface area contributed by atoms with E-state index in [2.05, 4.69) is 15.1 Å². The third kappa shape index (κ3) is 6.79. The maximum atomic E-state index is 14.0. The van der Waals surface area contributed by atoms with Crippen molar-refractivity contribution in [2.75, 3.05) is 32.2 Å². The first-order valence-corrected chi connectivity index (χ1v) is 15.0. The van der Waals surface area contributed by atoms with E-state index in [1.807, 2.05) is 51.1 Å². The molecular formula is C31H33ClN4O6S. The van der Waals surface area contributed by atoms with Crippen LogP contribution in [-0.2, 0) is 14.8 Å². The summed E-state index contributed by atoms with van der Waals surface area (Å²) >= 11 is 6.23. The molecule has 0 radical (unpaired) electrons. The second-order valence-electron chi connectivity index (χ2n) is 9.64. The fourth-order valence-electron chi connectivity index (χ4n) is 4.61. The number of halogens is 1. The van der Waals surface area contributed by atoms with Crippen molar-refractivity contribution in [2.24, 2.45) is 5.10 Å². The highest BCUT2D eigenvalue weighted by atomic mass is 35.5. The highest BCUT2D eigenvalue weighted by Gasteiger charge is 2.30. The van der Waals surface area contributed by atoms with Crippen LogP contribution in [0.5, 0.6) is 17.2 Å². The van der Waals surface area contributed by atoms with Crippen molar-refractivity contribution >= 4 is 39.4 Å². The summed E-state index contributed by atoms with van der Waals surface area (Å²) in [5.41, 5.74) is 7.41. The van der Waals surface area contributed by atoms with Gasteiger partial charge in [-0.05, 0) is 69.3 Å². The van der Waals surface area contributed by atoms with E-state index >= 15 is 0 Å². The Hall–Kier alpha value is -4.48. The second-order valence-corrected chi connectivity index (χ2v) is 11.9. The molecule has 1 aromatic heterocycles. The topological polar surface area (TPSA) is 111 Å². The molecule has 0 unspecified atom stereocenters. The molecule has 0 aliphatic rings. The lowest BCUT2D eigenvalue weighted by atomic mass is 10.2. The molecule has 1 heterocycles. The molecule has 4 rings (SSSR count). The molecule has 3 aromatic carbocycles. The molecule has 1 N–H and O–H groups in total. The number of hydrogen-bond acceptors (Lipinski definition) is 7. The van der Waals surface area contributed by atoms with Crippen molar-refractivity contribution in [3.63, 3.8) is 0 Å². The number of benzene rings is 3. The average Bonchev–Trinajstić information content (AvgIpc) is 3.27. The number of anilines is 1. The Bertz CT molecular complexity index is 1770. The summed E-state index contributed by atoms with van der Waals surface area (Å²) in [6.45, 7) is 5.35. The Balaban J connectivity index is 1.64. The first-order valence-electron chi connectivity index (χ1n) is 13.2. The average molecular weight is 625 g/mol. The predicted molar refractivity (Wildman–Crippen MR) is 168 cm³/mol. The van der Waals surface area contributed by atoms with Crippen molar-refractivity contribution < 1.29 is 27.4 Å². The summed E-state index contributed by atoms with van der Waals surface area (Å²) in [6.07, 6.45) is 1.53. The zero-order valence-corrected chi connectivity index (χ0v) is 26.3. The lowest BCUT2D eigenvalue weighted by Gasteiger charge is -2.25. The summed E-state index contributed by atoms with van der Waals surface area (Å²) in [7, 11) is -0.0956. The molecule has 0 fully saturated rings. The molecule has 10 nitrogen and oxygen atoms in total. The molecule has 1 amide bonds. The van der Waals surface area contributed by atoms with Gasteiger partial charge in [0.2, 0.25) is 0 Å². The lowest BCUT2D eigenvalue weighted by molar-refractivity contribution is -0.119. The van der Waals surface area contributed by atoms with Crippen LogP contribution in [-0.4, -0.2) is 53.0 Å². The van der Waals surface area contributed by atoms with E-state index in [-0.39, 0.29) is 27.1 Å². The zero-order valence-electron chi connectivity index (χ0n) is 24.7. The summed E-state index contributed by atoms with van der Waals surface area (Å²) in [6, 6.07) is 18.8. The quantitative estimate of drug-likeness (QED) is 0.176. The number of aromatic nitrogens is 1. The molecule has 12 heteroatoms. The van der Waals surface area contributed by atoms with Crippen LogP contribution in [0.25, 0.3) is 5.69 Å². The predicted octanol–water partition coefficient (Wildman–Crippen LogP) is 5.43. The molecule has 43 heavy (non-hydrogen) atoms. The van der Waals surface area contributed by atoms with Gasteiger partial charge in [0.05, 0.1) is 38.1 Å². The van der Waals surface area contributed by atoms with Gasteiger partial charge in [0.15, 0.2) is 11.5 Å². The maximum absolute atomic E-state index is 14.0. The summed E-state index contributed by atoms with van der Waals surface area (Å²) in [5.74, 6) is 0.0731. The first kappa shape index (κ1) is 31.5. The van der Waals surface area contributed by atoms with Gasteiger partial charge in [-0.3, -0.25) is 9.10 Å². The van der Waals surface area contributed by atoms with Gasteiger partial charge in [-0.2, -0.15) is 5.10 Å². The van der Waals surface area contributed by atoms with Crippen LogP contribution in [0.15, 0.2) is 76.7 Å². The van der Waals surface area contributed by atoms with Crippen LogP contribution in [0, 0.1) is 20.8 Å². The number of hydrazone groups is 1. The monoisotopic (exact) mass is 624 g/mol. The molecule has 0 aliphatic heterocycles. The van der Waals surface area contributed by atoms with E-state index in [1.165, 1.54) is 57.9 Å². The summed E-state index contributed by atoms with van der Waals surface area (Å²) < 4.78 is 46.9. The fourth-order valence-corrected chi connectivity index (χ4v) is 6.22. The maximum Gasteiger partial charge on any atom is 0.265 e. The number of ether oxygens (including phenoxy) is 3. The van der Waals surface area contributed by atoms with E-state index in [9.17, 15) is 13.2 Å². The van der Waals surface area contributed by atoms with Gasteiger partial charge in [0.1, 0.15) is 12.3 Å². The minimum atomic E-state index is -4.33. The third-order valence-electron chi connectivity index (χ3n) is 6.80. The highest BCUT2D eigenvalue weighted by molar-refractivity contribution is 7.92. The second kappa shape index (κ2) is 13.2. The van der Waals surface area contributed by atoms with Crippen LogP contribution >= 0.6 is 11.6 Å². The van der Waals surface area contributed by atoms with Crippen LogP contribution in [0.2, 0.25) is 5.02 Å². The van der Waals surface area contributed by atoms with E-state index in [1.54, 1.807) is 6.07 Å². The van der Waals surface area contributed by atoms with E-state index in [0.717, 1.165) is 32.5 Å². The van der Waals surface area contributed by atoms with Gasteiger partial charge in [-0.25, -0.2) is 13.8 Å². The number of carbonyl (C=O) groups excluding carboxylic acids is 1. The van der Waals surface area contributed by atoms with Crippen LogP contribution in [0.4, 0.5) is 5.69 Å². The molecule has 4 aromatic rings. The minimum Gasteiger partial charge on any atom is -0.495 e. The van der Waals surface area contributed by atoms with Gasteiger partial charge >= 0.3 is 0 Å². The smallest absolute Gasteiger partial charge is 0.265 e. The highest BCUT2D eigenvalue weighted by Crippen LogP contribution is 2.37. The van der Waals surface area contributed by atoms with Gasteiger partial charge in [0, 0.05) is 33.7 Å². The largest absolute Gasteiger partial charge is 0.495 e. The van der Waals surface area contributed by atoms with Crippen molar-refractivity contribution in [2.45, 2.75) is 25.7 Å². The minimum absolute atomic E-state index is 0.0746. The normalized spacial score (nSPS) is 11.4. The number of aryl methyl sites for hydroxylation is 2. The Labute approximate surface area is 256 Å². The number of methoxy groups -OCH3 is 3. The van der Waals surface area contributed by atoms with Crippen LogP contribution in [0.1, 0.15) is 22.5 Å². The van der Waals surface area contributed by atoms with E-state index < -0.39 is 22.5 Å². The molecule has 0 spiro atoms. The number of amides is 1. The number of rotatable bonds is 11. The van der Waals surface area contributed by atoms with Gasteiger partial charge < -0.3 is 18.8 Å². The summed E-state index contributed by atoms with van der Waals surface area (Å²) in [4.78, 5) is 13.0. The van der Waals surface area contributed by atoms with E-state index in [4.69, 9.17) is 25.8 Å². The fraction of sp³-hybridized carbons (Fsp3) is 0.226. The number of nitrogens with zero attached hydrogens (tertiary/aromatic N) is 3. The molecule has 0 saturated heterocycles. The zero-order chi connectivity index (χ0) is 31.3. The molecule has 0 atom stereocenters. The van der Waals surface area contributed by atoms with Crippen molar-refractivity contribution in [1.29, 1.82) is 0 Å². The SMILES string of the molecule is COc1ccc(S(=O)(=O)N(CC(=O)N/N=C/c2cc(C)n(-c3ccc(C)cc3)c2C)c2cc(Cl)ccc2OC)cc1OC. The van der Waals surface area contributed by atoms with Gasteiger partial charge in [0.25, 0.3) is 15.9 Å². The first-order chi connectivity index (χ1) is 20.5. The van der Waals surface area contributed by atoms with E-state index in [0.29, 0.717) is 5.75 Å². The van der Waals surface area contributed by atoms with Crippen LogP contribution < -0.4 is 23.9 Å². The number of sulfonamides is 1. The molecule has 0 bridgehead atoms. The van der Waals surface area contributed by atoms with Crippen molar-refractivity contribution in [3.8, 4) is 22.9 Å². The molecule has 0 saturated carbocycles. The number of hydrogen-bond donors (Lipinski definition) is 1. The number of nitrogens with one attached hydrogen (secondary N) is 1. The van der Waals surface area contributed by atoms with Crippen molar-refractivity contribution in [1.82, 2.24) is 9.99 Å². The standard InChI is InChI=1S/C31H33ClN4O6S/c1-20-7-10-25(11-8-20)36-21(2)15-23(22(36)3)18-33-34-31(37)19-35(27-16-24(32)9-13-28(27)40-4)43(38,39)26-12-14-29(41-5)30(17-26)42-6/h7-18H,19H2,1-6H3,(H,34,37)/b33-18+. The Morgan fingerprint density at radius 2 is 1.56 bits per heavy atom. The van der Waals surface area contributed by atoms with Crippen molar-refractivity contribution in [3.05, 3.63) is 94.3 Å². The molecule has 0 aliphatic carbocycles. The van der Waals surface area contributed by atoms with Gasteiger partial charge in [-0.1, -0.05) is 29.3 Å². The van der Waals surface area contributed by atoms with Crippen LogP contribution in [0.3, 0.4) is 0 Å².